The third-order valence-electron chi connectivity index (χ3n) is 5.04. The number of methoxy groups -OCH3 is 1. The number of piperazine rings is 1. The van der Waals surface area contributed by atoms with Gasteiger partial charge in [0.2, 0.25) is 0 Å². The molecular weight excluding hydrogens is 320 g/mol. The summed E-state index contributed by atoms with van der Waals surface area (Å²) in [6.07, 6.45) is 1.19. The minimum absolute atomic E-state index is 0.597. The van der Waals surface area contributed by atoms with Crippen LogP contribution < -0.4 is 9.64 Å². The van der Waals surface area contributed by atoms with Crippen LogP contribution in [0.4, 0.5) is 5.69 Å². The number of para-hydroxylation sites is 2. The Hall–Kier alpha value is -1.71. The lowest BCUT2D eigenvalue weighted by Crippen LogP contribution is -2.45. The van der Waals surface area contributed by atoms with Crippen molar-refractivity contribution in [2.24, 2.45) is 0 Å². The fraction of sp³-hybridized carbons (Fsp3) is 0.350. The summed E-state index contributed by atoms with van der Waals surface area (Å²) in [6.45, 7) is 4.24. The molecule has 1 saturated heterocycles. The molecule has 0 N–H and O–H groups in total. The lowest BCUT2D eigenvalue weighted by atomic mass is 10.1. The Bertz CT molecular complexity index is 695. The van der Waals surface area contributed by atoms with Crippen LogP contribution in [0.15, 0.2) is 48.5 Å². The van der Waals surface area contributed by atoms with Crippen molar-refractivity contribution in [1.29, 1.82) is 0 Å². The van der Waals surface area contributed by atoms with E-state index in [2.05, 4.69) is 34.1 Å². The second-order valence-electron chi connectivity index (χ2n) is 6.45. The van der Waals surface area contributed by atoms with E-state index < -0.39 is 0 Å². The SMILES string of the molecule is COc1ccccc1N1CCN([C]2CC2c2ccc(Cl)cc2)CC1. The summed E-state index contributed by atoms with van der Waals surface area (Å²) >= 11 is 5.99. The fourth-order valence-corrected chi connectivity index (χ4v) is 3.76. The fourth-order valence-electron chi connectivity index (χ4n) is 3.63. The Balaban J connectivity index is 1.36. The number of hydrogen-bond donors (Lipinski definition) is 0. The number of rotatable bonds is 4. The standard InChI is InChI=1S/C20H22ClN2O/c1-24-20-5-3-2-4-18(20)22-10-12-23(13-11-22)19-14-17(19)15-6-8-16(21)9-7-15/h2-9,17H,10-14H2,1H3. The molecule has 1 saturated carbocycles. The van der Waals surface area contributed by atoms with Gasteiger partial charge in [-0.05, 0) is 36.2 Å². The largest absolute Gasteiger partial charge is 0.495 e. The minimum atomic E-state index is 0.597. The van der Waals surface area contributed by atoms with Crippen LogP contribution in [0.1, 0.15) is 17.9 Å². The topological polar surface area (TPSA) is 15.7 Å². The molecule has 2 aromatic carbocycles. The Kier molecular flexibility index (Phi) is 4.38. The van der Waals surface area contributed by atoms with E-state index in [1.165, 1.54) is 17.7 Å². The third kappa shape index (κ3) is 3.11. The second-order valence-corrected chi connectivity index (χ2v) is 6.88. The lowest BCUT2D eigenvalue weighted by molar-refractivity contribution is 0.297. The zero-order valence-corrected chi connectivity index (χ0v) is 14.7. The number of anilines is 1. The van der Waals surface area contributed by atoms with Gasteiger partial charge in [-0.15, -0.1) is 0 Å². The summed E-state index contributed by atoms with van der Waals surface area (Å²) < 4.78 is 5.50. The number of nitrogens with zero attached hydrogens (tertiary/aromatic N) is 2. The van der Waals surface area contributed by atoms with E-state index in [1.807, 2.05) is 24.3 Å². The van der Waals surface area contributed by atoms with E-state index in [4.69, 9.17) is 16.3 Å². The average Bonchev–Trinajstić information content (AvgIpc) is 3.43. The van der Waals surface area contributed by atoms with E-state index in [1.54, 1.807) is 13.2 Å². The number of ether oxygens (including phenoxy) is 1. The van der Waals surface area contributed by atoms with Gasteiger partial charge in [-0.1, -0.05) is 35.9 Å². The van der Waals surface area contributed by atoms with Gasteiger partial charge in [0.1, 0.15) is 5.75 Å². The molecule has 0 bridgehead atoms. The molecule has 4 rings (SSSR count). The van der Waals surface area contributed by atoms with Gasteiger partial charge in [0.15, 0.2) is 0 Å². The van der Waals surface area contributed by atoms with Gasteiger partial charge < -0.3 is 9.64 Å². The molecule has 0 aromatic heterocycles. The highest BCUT2D eigenvalue weighted by molar-refractivity contribution is 6.30. The Labute approximate surface area is 148 Å². The first kappa shape index (κ1) is 15.8. The van der Waals surface area contributed by atoms with Crippen molar-refractivity contribution in [2.75, 3.05) is 38.2 Å². The predicted molar refractivity (Wildman–Crippen MR) is 98.8 cm³/mol. The first-order valence-corrected chi connectivity index (χ1v) is 8.88. The Morgan fingerprint density at radius 3 is 2.29 bits per heavy atom. The Morgan fingerprint density at radius 2 is 1.58 bits per heavy atom. The van der Waals surface area contributed by atoms with E-state index in [-0.39, 0.29) is 0 Å². The molecule has 0 spiro atoms. The summed E-state index contributed by atoms with van der Waals surface area (Å²) in [5.41, 5.74) is 2.59. The van der Waals surface area contributed by atoms with Gasteiger partial charge in [0.25, 0.3) is 0 Å². The molecular formula is C20H22ClN2O. The van der Waals surface area contributed by atoms with Crippen molar-refractivity contribution in [1.82, 2.24) is 4.90 Å². The quantitative estimate of drug-likeness (QED) is 0.829. The number of halogens is 1. The van der Waals surface area contributed by atoms with Gasteiger partial charge in [-0.3, -0.25) is 4.90 Å². The van der Waals surface area contributed by atoms with Crippen molar-refractivity contribution in [3.63, 3.8) is 0 Å². The minimum Gasteiger partial charge on any atom is -0.495 e. The monoisotopic (exact) mass is 341 g/mol. The van der Waals surface area contributed by atoms with E-state index in [0.29, 0.717) is 5.92 Å². The average molecular weight is 342 g/mol. The molecule has 2 fully saturated rings. The van der Waals surface area contributed by atoms with Crippen molar-refractivity contribution >= 4 is 17.3 Å². The van der Waals surface area contributed by atoms with Gasteiger partial charge in [0.05, 0.1) is 12.8 Å². The van der Waals surface area contributed by atoms with Gasteiger partial charge >= 0.3 is 0 Å². The molecule has 1 aliphatic heterocycles. The summed E-state index contributed by atoms with van der Waals surface area (Å²) in [5, 5.41) is 0.811. The highest BCUT2D eigenvalue weighted by atomic mass is 35.5. The van der Waals surface area contributed by atoms with Crippen molar-refractivity contribution in [2.45, 2.75) is 12.3 Å². The van der Waals surface area contributed by atoms with Crippen LogP contribution >= 0.6 is 11.6 Å². The molecule has 1 aliphatic carbocycles. The van der Waals surface area contributed by atoms with Crippen molar-refractivity contribution in [3.8, 4) is 5.75 Å². The van der Waals surface area contributed by atoms with Crippen LogP contribution in [0.25, 0.3) is 0 Å². The number of benzene rings is 2. The maximum absolute atomic E-state index is 5.99. The summed E-state index contributed by atoms with van der Waals surface area (Å²) in [5.74, 6) is 1.56. The van der Waals surface area contributed by atoms with Crippen LogP contribution in [0.3, 0.4) is 0 Å². The highest BCUT2D eigenvalue weighted by Crippen LogP contribution is 2.52. The third-order valence-corrected chi connectivity index (χ3v) is 5.29. The van der Waals surface area contributed by atoms with Crippen LogP contribution in [0.5, 0.6) is 5.75 Å². The molecule has 24 heavy (non-hydrogen) atoms. The Morgan fingerprint density at radius 1 is 0.917 bits per heavy atom. The number of hydrogen-bond acceptors (Lipinski definition) is 3. The van der Waals surface area contributed by atoms with Crippen LogP contribution in [-0.2, 0) is 0 Å². The molecule has 1 atom stereocenters. The summed E-state index contributed by atoms with van der Waals surface area (Å²) in [6, 6.07) is 18.2. The molecule has 2 aliphatic rings. The van der Waals surface area contributed by atoms with Gasteiger partial charge in [-0.25, -0.2) is 0 Å². The van der Waals surface area contributed by atoms with E-state index >= 15 is 0 Å². The normalized spacial score (nSPS) is 21.8. The molecule has 4 heteroatoms. The molecule has 125 valence electrons. The molecule has 1 radical (unpaired) electrons. The lowest BCUT2D eigenvalue weighted by Gasteiger charge is -2.36. The van der Waals surface area contributed by atoms with E-state index in [9.17, 15) is 0 Å². The van der Waals surface area contributed by atoms with Crippen molar-refractivity contribution < 1.29 is 4.74 Å². The van der Waals surface area contributed by atoms with Crippen LogP contribution in [0, 0.1) is 6.04 Å². The molecule has 2 aromatic rings. The molecule has 3 nitrogen and oxygen atoms in total. The highest BCUT2D eigenvalue weighted by Gasteiger charge is 2.44. The maximum Gasteiger partial charge on any atom is 0.142 e. The van der Waals surface area contributed by atoms with Crippen LogP contribution in [-0.4, -0.2) is 38.2 Å². The van der Waals surface area contributed by atoms with Crippen LogP contribution in [0.2, 0.25) is 5.02 Å². The zero-order chi connectivity index (χ0) is 16.5. The van der Waals surface area contributed by atoms with Gasteiger partial charge in [0, 0.05) is 43.2 Å². The molecule has 1 unspecified atom stereocenters. The van der Waals surface area contributed by atoms with E-state index in [0.717, 1.165) is 37.0 Å². The maximum atomic E-state index is 5.99. The molecule has 1 heterocycles. The van der Waals surface area contributed by atoms with Gasteiger partial charge in [-0.2, -0.15) is 0 Å². The first-order valence-electron chi connectivity index (χ1n) is 8.50. The zero-order valence-electron chi connectivity index (χ0n) is 13.9. The first-order chi connectivity index (χ1) is 11.8. The summed E-state index contributed by atoms with van der Waals surface area (Å²) in [4.78, 5) is 4.99. The smallest absolute Gasteiger partial charge is 0.142 e. The second kappa shape index (κ2) is 6.66. The summed E-state index contributed by atoms with van der Waals surface area (Å²) in [7, 11) is 1.74. The predicted octanol–water partition coefficient (Wildman–Crippen LogP) is 4.19. The van der Waals surface area contributed by atoms with Crippen molar-refractivity contribution in [3.05, 3.63) is 65.2 Å². The molecule has 0 amide bonds.